The molecule has 0 atom stereocenters. The number of esters is 1. The first-order valence-corrected chi connectivity index (χ1v) is 4.45. The second-order valence-electron chi connectivity index (χ2n) is 3.89. The van der Waals surface area contributed by atoms with E-state index in [1.807, 2.05) is 44.9 Å². The van der Waals surface area contributed by atoms with Gasteiger partial charge >= 0.3 is 5.97 Å². The molecule has 4 nitrogen and oxygen atoms in total. The first-order chi connectivity index (χ1) is 6.21. The fourth-order valence-corrected chi connectivity index (χ4v) is 0.845. The highest BCUT2D eigenvalue weighted by Gasteiger charge is 2.33. The van der Waals surface area contributed by atoms with E-state index in [2.05, 4.69) is 6.58 Å². The maximum absolute atomic E-state index is 11.4. The van der Waals surface area contributed by atoms with Gasteiger partial charge in [-0.15, -0.1) is 0 Å². The zero-order chi connectivity index (χ0) is 11.5. The fourth-order valence-electron chi connectivity index (χ4n) is 0.845. The average molecular weight is 200 g/mol. The van der Waals surface area contributed by atoms with Gasteiger partial charge in [0, 0.05) is 12.5 Å². The van der Waals surface area contributed by atoms with E-state index in [0.717, 1.165) is 0 Å². The summed E-state index contributed by atoms with van der Waals surface area (Å²) < 4.78 is 5.34. The third-order valence-electron chi connectivity index (χ3n) is 2.29. The molecule has 0 aliphatic carbocycles. The summed E-state index contributed by atoms with van der Waals surface area (Å²) in [6.45, 7) is 7.01. The van der Waals surface area contributed by atoms with Gasteiger partial charge in [-0.25, -0.2) is 4.79 Å². The molecule has 0 amide bonds. The highest BCUT2D eigenvalue weighted by molar-refractivity contribution is 5.87. The maximum atomic E-state index is 11.4. The summed E-state index contributed by atoms with van der Waals surface area (Å²) in [5.41, 5.74) is 0.403. The summed E-state index contributed by atoms with van der Waals surface area (Å²) in [5.74, 6) is -1.12. The normalized spacial score (nSPS) is 12.0. The third kappa shape index (κ3) is 2.82. The Kier molecular flexibility index (Phi) is 4.29. The van der Waals surface area contributed by atoms with Crippen molar-refractivity contribution in [3.63, 3.8) is 0 Å². The lowest BCUT2D eigenvalue weighted by Crippen LogP contribution is -2.55. The van der Waals surface area contributed by atoms with Crippen LogP contribution in [0.15, 0.2) is 12.2 Å². The Hall–Kier alpha value is -0.870. The summed E-state index contributed by atoms with van der Waals surface area (Å²) >= 11 is 0. The molecule has 0 fully saturated rings. The predicted octanol–water partition coefficient (Wildman–Crippen LogP) is 0.903. The van der Waals surface area contributed by atoms with E-state index in [9.17, 15) is 4.79 Å². The molecule has 0 rings (SSSR count). The van der Waals surface area contributed by atoms with Crippen molar-refractivity contribution >= 4 is 5.97 Å². The van der Waals surface area contributed by atoms with Crippen LogP contribution in [0.25, 0.3) is 0 Å². The molecule has 14 heavy (non-hydrogen) atoms. The van der Waals surface area contributed by atoms with Crippen LogP contribution in [0.3, 0.4) is 0 Å². The SMILES string of the molecule is C=C(C)C(=O)OC(C)(N(C)C)N(C)C. The Morgan fingerprint density at radius 1 is 1.21 bits per heavy atom. The van der Waals surface area contributed by atoms with Gasteiger partial charge in [0.15, 0.2) is 0 Å². The molecule has 0 aromatic carbocycles. The van der Waals surface area contributed by atoms with E-state index < -0.39 is 5.85 Å². The summed E-state index contributed by atoms with van der Waals surface area (Å²) in [6, 6.07) is 0. The van der Waals surface area contributed by atoms with Crippen LogP contribution in [-0.4, -0.2) is 49.8 Å². The number of ether oxygens (including phenoxy) is 1. The maximum Gasteiger partial charge on any atom is 0.335 e. The molecule has 0 aromatic heterocycles. The van der Waals surface area contributed by atoms with E-state index in [4.69, 9.17) is 4.74 Å². The van der Waals surface area contributed by atoms with Gasteiger partial charge in [0.2, 0.25) is 5.85 Å². The van der Waals surface area contributed by atoms with E-state index in [0.29, 0.717) is 5.57 Å². The lowest BCUT2D eigenvalue weighted by molar-refractivity contribution is -0.208. The molecule has 0 bridgehead atoms. The Bertz CT molecular complexity index is 226. The first-order valence-electron chi connectivity index (χ1n) is 4.45. The second-order valence-corrected chi connectivity index (χ2v) is 3.89. The number of carbonyl (C=O) groups excluding carboxylic acids is 1. The molecule has 0 aromatic rings. The topological polar surface area (TPSA) is 32.8 Å². The van der Waals surface area contributed by atoms with Crippen molar-refractivity contribution in [3.05, 3.63) is 12.2 Å². The number of carbonyl (C=O) groups is 1. The lowest BCUT2D eigenvalue weighted by atomic mass is 10.3. The van der Waals surface area contributed by atoms with Gasteiger partial charge in [-0.3, -0.25) is 9.80 Å². The zero-order valence-electron chi connectivity index (χ0n) is 9.92. The smallest absolute Gasteiger partial charge is 0.335 e. The molecule has 0 aliphatic heterocycles. The van der Waals surface area contributed by atoms with Gasteiger partial charge < -0.3 is 4.74 Å². The van der Waals surface area contributed by atoms with Crippen molar-refractivity contribution in [3.8, 4) is 0 Å². The molecule has 0 saturated heterocycles. The quantitative estimate of drug-likeness (QED) is 0.383. The van der Waals surface area contributed by atoms with Crippen molar-refractivity contribution in [1.29, 1.82) is 0 Å². The van der Waals surface area contributed by atoms with Crippen LogP contribution >= 0.6 is 0 Å². The summed E-state index contributed by atoms with van der Waals surface area (Å²) in [7, 11) is 7.41. The summed E-state index contributed by atoms with van der Waals surface area (Å²) in [4.78, 5) is 15.0. The van der Waals surface area contributed by atoms with Gasteiger partial charge in [0.25, 0.3) is 0 Å². The van der Waals surface area contributed by atoms with E-state index in [1.165, 1.54) is 0 Å². The minimum absolute atomic E-state index is 0.380. The predicted molar refractivity (Wildman–Crippen MR) is 56.7 cm³/mol. The van der Waals surface area contributed by atoms with Crippen molar-refractivity contribution < 1.29 is 9.53 Å². The minimum atomic E-state index is -0.740. The molecular formula is C10H20N2O2. The van der Waals surface area contributed by atoms with E-state index in [-0.39, 0.29) is 5.97 Å². The van der Waals surface area contributed by atoms with Crippen LogP contribution in [0.4, 0.5) is 0 Å². The average Bonchev–Trinajstić information content (AvgIpc) is 2.02. The van der Waals surface area contributed by atoms with Crippen LogP contribution in [0.2, 0.25) is 0 Å². The highest BCUT2D eigenvalue weighted by Crippen LogP contribution is 2.17. The molecule has 0 heterocycles. The monoisotopic (exact) mass is 200 g/mol. The number of hydrogen-bond donors (Lipinski definition) is 0. The van der Waals surface area contributed by atoms with Crippen molar-refractivity contribution in [2.75, 3.05) is 28.2 Å². The molecule has 0 saturated carbocycles. The molecule has 0 radical (unpaired) electrons. The summed E-state index contributed by atoms with van der Waals surface area (Å²) in [5, 5.41) is 0. The van der Waals surface area contributed by atoms with Gasteiger partial charge in [-0.1, -0.05) is 6.58 Å². The highest BCUT2D eigenvalue weighted by atomic mass is 16.6. The van der Waals surface area contributed by atoms with Crippen LogP contribution in [0.1, 0.15) is 13.8 Å². The number of nitrogens with zero attached hydrogens (tertiary/aromatic N) is 2. The van der Waals surface area contributed by atoms with E-state index in [1.54, 1.807) is 6.92 Å². The molecule has 4 heteroatoms. The van der Waals surface area contributed by atoms with Gasteiger partial charge in [0.05, 0.1) is 0 Å². The van der Waals surface area contributed by atoms with E-state index >= 15 is 0 Å². The van der Waals surface area contributed by atoms with Crippen LogP contribution in [0.5, 0.6) is 0 Å². The Labute approximate surface area is 86.1 Å². The summed E-state index contributed by atoms with van der Waals surface area (Å²) in [6.07, 6.45) is 0. The largest absolute Gasteiger partial charge is 0.427 e. The van der Waals surface area contributed by atoms with Crippen molar-refractivity contribution in [1.82, 2.24) is 9.80 Å². The number of hydrogen-bond acceptors (Lipinski definition) is 4. The standard InChI is InChI=1S/C10H20N2O2/c1-8(2)9(13)14-10(3,11(4)5)12(6)7/h1H2,2-7H3. The zero-order valence-corrected chi connectivity index (χ0v) is 9.92. The van der Waals surface area contributed by atoms with Crippen LogP contribution < -0.4 is 0 Å². The van der Waals surface area contributed by atoms with Gasteiger partial charge in [0.1, 0.15) is 0 Å². The fraction of sp³-hybridized carbons (Fsp3) is 0.700. The van der Waals surface area contributed by atoms with Gasteiger partial charge in [-0.05, 0) is 35.1 Å². The molecular weight excluding hydrogens is 180 g/mol. The Morgan fingerprint density at radius 3 is 1.79 bits per heavy atom. The molecule has 0 unspecified atom stereocenters. The van der Waals surface area contributed by atoms with Crippen LogP contribution in [-0.2, 0) is 9.53 Å². The van der Waals surface area contributed by atoms with Crippen molar-refractivity contribution in [2.24, 2.45) is 0 Å². The molecule has 0 aliphatic rings. The number of rotatable bonds is 4. The minimum Gasteiger partial charge on any atom is -0.427 e. The van der Waals surface area contributed by atoms with Crippen molar-refractivity contribution in [2.45, 2.75) is 19.7 Å². The Morgan fingerprint density at radius 2 is 1.57 bits per heavy atom. The second kappa shape index (κ2) is 4.57. The third-order valence-corrected chi connectivity index (χ3v) is 2.29. The lowest BCUT2D eigenvalue weighted by Gasteiger charge is -2.40. The van der Waals surface area contributed by atoms with Crippen LogP contribution in [0, 0.1) is 0 Å². The molecule has 82 valence electrons. The Balaban J connectivity index is 4.70. The van der Waals surface area contributed by atoms with Gasteiger partial charge in [-0.2, -0.15) is 0 Å². The molecule has 0 N–H and O–H groups in total. The molecule has 0 spiro atoms. The first kappa shape index (κ1) is 13.1.